The molecule has 0 bridgehead atoms. The van der Waals surface area contributed by atoms with Crippen molar-refractivity contribution in [1.29, 1.82) is 0 Å². The fourth-order valence-electron chi connectivity index (χ4n) is 2.69. The van der Waals surface area contributed by atoms with E-state index in [0.717, 1.165) is 29.3 Å². The molecule has 4 aromatic rings. The molecule has 4 heterocycles. The Balaban J connectivity index is 1.42. The number of anilines is 1. The second kappa shape index (κ2) is 6.23. The average molecular weight is 381 g/mol. The van der Waals surface area contributed by atoms with Crippen molar-refractivity contribution in [3.8, 4) is 5.75 Å². The Kier molecular flexibility index (Phi) is 3.71. The number of ether oxygens (including phenoxy) is 1. The van der Waals surface area contributed by atoms with E-state index in [9.17, 15) is 4.79 Å². The van der Waals surface area contributed by atoms with E-state index in [1.807, 2.05) is 34.9 Å². The van der Waals surface area contributed by atoms with E-state index < -0.39 is 0 Å². The van der Waals surface area contributed by atoms with Crippen LogP contribution in [0.1, 0.15) is 12.8 Å². The van der Waals surface area contributed by atoms with Crippen LogP contribution in [0.25, 0.3) is 11.3 Å². The third-order valence-corrected chi connectivity index (χ3v) is 5.16. The van der Waals surface area contributed by atoms with Crippen LogP contribution in [-0.2, 0) is 4.79 Å². The maximum atomic E-state index is 11.9. The highest BCUT2D eigenvalue weighted by Crippen LogP contribution is 2.30. The monoisotopic (exact) mass is 381 g/mol. The Morgan fingerprint density at radius 2 is 2.04 bits per heavy atom. The van der Waals surface area contributed by atoms with Gasteiger partial charge >= 0.3 is 0 Å². The normalized spacial score (nSPS) is 14.0. The molecule has 0 saturated heterocycles. The SMILES string of the molecule is COc1ccc2nnc(Sc3ccc4nc(NC(=O)C5CC5)cn4n3)n2c1. The molecule has 27 heavy (non-hydrogen) atoms. The second-order valence-electron chi connectivity index (χ2n) is 6.25. The molecule has 1 aliphatic carbocycles. The van der Waals surface area contributed by atoms with Gasteiger partial charge in [0.1, 0.15) is 10.8 Å². The molecule has 0 aromatic carbocycles. The van der Waals surface area contributed by atoms with E-state index in [2.05, 4.69) is 25.6 Å². The summed E-state index contributed by atoms with van der Waals surface area (Å²) >= 11 is 1.38. The maximum absolute atomic E-state index is 11.9. The summed E-state index contributed by atoms with van der Waals surface area (Å²) in [6.45, 7) is 0. The van der Waals surface area contributed by atoms with Crippen molar-refractivity contribution >= 4 is 34.8 Å². The summed E-state index contributed by atoms with van der Waals surface area (Å²) in [7, 11) is 1.62. The quantitative estimate of drug-likeness (QED) is 0.566. The zero-order chi connectivity index (χ0) is 18.4. The molecule has 0 unspecified atom stereocenters. The molecule has 5 rings (SSSR count). The summed E-state index contributed by atoms with van der Waals surface area (Å²) in [5, 5.41) is 17.2. The zero-order valence-corrected chi connectivity index (χ0v) is 15.2. The number of methoxy groups -OCH3 is 1. The molecule has 1 N–H and O–H groups in total. The lowest BCUT2D eigenvalue weighted by Crippen LogP contribution is -2.13. The van der Waals surface area contributed by atoms with Gasteiger partial charge in [0.15, 0.2) is 17.1 Å². The van der Waals surface area contributed by atoms with E-state index in [0.29, 0.717) is 16.6 Å². The van der Waals surface area contributed by atoms with E-state index in [4.69, 9.17) is 4.74 Å². The number of rotatable bonds is 5. The number of aromatic nitrogens is 6. The van der Waals surface area contributed by atoms with Crippen molar-refractivity contribution in [2.45, 2.75) is 23.0 Å². The fraction of sp³-hybridized carbons (Fsp3) is 0.235. The molecule has 9 nitrogen and oxygen atoms in total. The number of hydrogen-bond donors (Lipinski definition) is 1. The number of nitrogens with one attached hydrogen (secondary N) is 1. The average Bonchev–Trinajstić information content (AvgIpc) is 3.35. The van der Waals surface area contributed by atoms with Crippen LogP contribution in [0.5, 0.6) is 5.75 Å². The van der Waals surface area contributed by atoms with Gasteiger partial charge in [-0.2, -0.15) is 5.10 Å². The molecular formula is C17H15N7O2S. The second-order valence-corrected chi connectivity index (χ2v) is 7.23. The number of fused-ring (bicyclic) bond motifs is 2. The van der Waals surface area contributed by atoms with Crippen LogP contribution in [0.3, 0.4) is 0 Å². The summed E-state index contributed by atoms with van der Waals surface area (Å²) < 4.78 is 8.76. The molecule has 1 fully saturated rings. The fourth-order valence-corrected chi connectivity index (χ4v) is 3.47. The van der Waals surface area contributed by atoms with E-state index in [1.54, 1.807) is 17.8 Å². The topological polar surface area (TPSA) is 98.7 Å². The van der Waals surface area contributed by atoms with Gasteiger partial charge in [0.05, 0.1) is 19.5 Å². The summed E-state index contributed by atoms with van der Waals surface area (Å²) in [6.07, 6.45) is 5.45. The first kappa shape index (κ1) is 16.1. The molecule has 10 heteroatoms. The standard InChI is InChI=1S/C17H15N7O2S/c1-26-11-4-5-14-20-21-17(23(14)8-11)27-15-7-6-13-18-12(9-24(13)22-15)19-16(25)10-2-3-10/h4-10H,2-3H2,1H3,(H,19,25). The molecule has 0 atom stereocenters. The summed E-state index contributed by atoms with van der Waals surface area (Å²) in [5.41, 5.74) is 1.39. The minimum absolute atomic E-state index is 0.0249. The lowest BCUT2D eigenvalue weighted by molar-refractivity contribution is -0.117. The Morgan fingerprint density at radius 1 is 1.19 bits per heavy atom. The highest BCUT2D eigenvalue weighted by Gasteiger charge is 2.30. The first-order valence-electron chi connectivity index (χ1n) is 8.43. The van der Waals surface area contributed by atoms with Gasteiger partial charge in [-0.15, -0.1) is 10.2 Å². The minimum atomic E-state index is 0.0249. The maximum Gasteiger partial charge on any atom is 0.228 e. The molecule has 136 valence electrons. The van der Waals surface area contributed by atoms with Crippen LogP contribution in [-0.4, -0.2) is 42.2 Å². The summed E-state index contributed by atoms with van der Waals surface area (Å²) in [5.74, 6) is 1.39. The predicted octanol–water partition coefficient (Wildman–Crippen LogP) is 2.28. The number of carbonyl (C=O) groups excluding carboxylic acids is 1. The van der Waals surface area contributed by atoms with E-state index >= 15 is 0 Å². The van der Waals surface area contributed by atoms with E-state index in [1.165, 1.54) is 11.8 Å². The van der Waals surface area contributed by atoms with Crippen molar-refractivity contribution < 1.29 is 9.53 Å². The van der Waals surface area contributed by atoms with Crippen molar-refractivity contribution in [3.05, 3.63) is 36.7 Å². The zero-order valence-electron chi connectivity index (χ0n) is 14.4. The highest BCUT2D eigenvalue weighted by atomic mass is 32.2. The highest BCUT2D eigenvalue weighted by molar-refractivity contribution is 7.99. The van der Waals surface area contributed by atoms with Crippen molar-refractivity contribution in [2.75, 3.05) is 12.4 Å². The van der Waals surface area contributed by atoms with Crippen LogP contribution < -0.4 is 10.1 Å². The lowest BCUT2D eigenvalue weighted by atomic mass is 10.4. The molecule has 4 aromatic heterocycles. The first-order valence-corrected chi connectivity index (χ1v) is 9.25. The van der Waals surface area contributed by atoms with Crippen LogP contribution in [0, 0.1) is 5.92 Å². The number of hydrogen-bond acceptors (Lipinski definition) is 7. The molecule has 1 aliphatic rings. The molecule has 0 spiro atoms. The molecule has 1 saturated carbocycles. The number of imidazole rings is 1. The van der Waals surface area contributed by atoms with Crippen LogP contribution in [0.4, 0.5) is 5.82 Å². The Bertz CT molecular complexity index is 1160. The van der Waals surface area contributed by atoms with Crippen LogP contribution >= 0.6 is 11.8 Å². The molecule has 0 radical (unpaired) electrons. The van der Waals surface area contributed by atoms with Crippen molar-refractivity contribution in [1.82, 2.24) is 29.2 Å². The minimum Gasteiger partial charge on any atom is -0.495 e. The molecular weight excluding hydrogens is 366 g/mol. The number of amides is 1. The third-order valence-electron chi connectivity index (χ3n) is 4.27. The Morgan fingerprint density at radius 3 is 2.85 bits per heavy atom. The van der Waals surface area contributed by atoms with Gasteiger partial charge in [-0.1, -0.05) is 0 Å². The van der Waals surface area contributed by atoms with Crippen molar-refractivity contribution in [2.24, 2.45) is 5.92 Å². The number of pyridine rings is 1. The lowest BCUT2D eigenvalue weighted by Gasteiger charge is -2.02. The molecule has 0 aliphatic heterocycles. The van der Waals surface area contributed by atoms with Gasteiger partial charge in [-0.25, -0.2) is 9.50 Å². The van der Waals surface area contributed by atoms with Gasteiger partial charge in [-0.3, -0.25) is 9.20 Å². The molecule has 1 amide bonds. The number of carbonyl (C=O) groups is 1. The Labute approximate surface area is 157 Å². The van der Waals surface area contributed by atoms with Gasteiger partial charge in [0, 0.05) is 5.92 Å². The predicted molar refractivity (Wildman–Crippen MR) is 98.0 cm³/mol. The van der Waals surface area contributed by atoms with Crippen LogP contribution in [0.15, 0.2) is 46.8 Å². The van der Waals surface area contributed by atoms with Gasteiger partial charge in [-0.05, 0) is 48.9 Å². The summed E-state index contributed by atoms with van der Waals surface area (Å²) in [6, 6.07) is 7.40. The Hall–Kier alpha value is -3.14. The number of nitrogens with zero attached hydrogens (tertiary/aromatic N) is 6. The van der Waals surface area contributed by atoms with Gasteiger partial charge in [0.2, 0.25) is 11.1 Å². The largest absolute Gasteiger partial charge is 0.495 e. The van der Waals surface area contributed by atoms with Gasteiger partial charge < -0.3 is 10.1 Å². The first-order chi connectivity index (χ1) is 13.2. The van der Waals surface area contributed by atoms with Crippen LogP contribution in [0.2, 0.25) is 0 Å². The van der Waals surface area contributed by atoms with Crippen molar-refractivity contribution in [3.63, 3.8) is 0 Å². The smallest absolute Gasteiger partial charge is 0.228 e. The van der Waals surface area contributed by atoms with E-state index in [-0.39, 0.29) is 11.8 Å². The third kappa shape index (κ3) is 3.08. The summed E-state index contributed by atoms with van der Waals surface area (Å²) in [4.78, 5) is 16.3. The van der Waals surface area contributed by atoms with Gasteiger partial charge in [0.25, 0.3) is 0 Å².